The van der Waals surface area contributed by atoms with E-state index < -0.39 is 11.5 Å². The van der Waals surface area contributed by atoms with Gasteiger partial charge in [0.25, 0.3) is 0 Å². The summed E-state index contributed by atoms with van der Waals surface area (Å²) in [5, 5.41) is 12.3. The fourth-order valence-electron chi connectivity index (χ4n) is 1.88. The van der Waals surface area contributed by atoms with Gasteiger partial charge in [-0.05, 0) is 6.92 Å². The first-order valence-corrected chi connectivity index (χ1v) is 5.54. The lowest BCUT2D eigenvalue weighted by molar-refractivity contribution is -0.142. The molecule has 18 heavy (non-hydrogen) atoms. The first-order valence-electron chi connectivity index (χ1n) is 5.54. The molecule has 7 heteroatoms. The summed E-state index contributed by atoms with van der Waals surface area (Å²) in [5.41, 5.74) is -0.447. The number of ether oxygens (including phenoxy) is 2. The van der Waals surface area contributed by atoms with Crippen LogP contribution in [-0.2, 0) is 9.53 Å². The van der Waals surface area contributed by atoms with Crippen molar-refractivity contribution < 1.29 is 19.4 Å². The molecular formula is C11H15N3O4. The van der Waals surface area contributed by atoms with Crippen LogP contribution in [0.4, 0.5) is 5.82 Å². The summed E-state index contributed by atoms with van der Waals surface area (Å²) in [6.45, 7) is 2.31. The Balaban J connectivity index is 2.30. The summed E-state index contributed by atoms with van der Waals surface area (Å²) in [6.07, 6.45) is 1.73. The van der Waals surface area contributed by atoms with Crippen molar-refractivity contribution in [3.05, 3.63) is 11.9 Å². The lowest BCUT2D eigenvalue weighted by atomic mass is 9.99. The second-order valence-electron chi connectivity index (χ2n) is 4.17. The largest absolute Gasteiger partial charge is 0.481 e. The molecule has 0 amide bonds. The zero-order valence-electron chi connectivity index (χ0n) is 10.3. The molecule has 2 heterocycles. The molecule has 0 aromatic carbocycles. The highest BCUT2D eigenvalue weighted by molar-refractivity contribution is 5.83. The van der Waals surface area contributed by atoms with E-state index >= 15 is 0 Å². The Hall–Kier alpha value is -1.89. The predicted molar refractivity (Wildman–Crippen MR) is 62.7 cm³/mol. The van der Waals surface area contributed by atoms with Gasteiger partial charge < -0.3 is 19.9 Å². The van der Waals surface area contributed by atoms with E-state index in [1.165, 1.54) is 13.4 Å². The summed E-state index contributed by atoms with van der Waals surface area (Å²) in [5.74, 6) is -0.0707. The van der Waals surface area contributed by atoms with Crippen molar-refractivity contribution >= 4 is 11.8 Å². The third kappa shape index (κ3) is 2.08. The molecular weight excluding hydrogens is 238 g/mol. The maximum atomic E-state index is 11.4. The normalized spacial score (nSPS) is 22.8. The fraction of sp³-hybridized carbons (Fsp3) is 0.545. The van der Waals surface area contributed by atoms with Crippen molar-refractivity contribution in [3.8, 4) is 5.88 Å². The predicted octanol–water partition coefficient (Wildman–Crippen LogP) is 0.449. The number of aromatic nitrogens is 2. The number of anilines is 1. The SMILES string of the molecule is COc1ncnc(NC2(C(=O)O)CCOC2)c1C. The van der Waals surface area contributed by atoms with Crippen molar-refractivity contribution in [3.63, 3.8) is 0 Å². The van der Waals surface area contributed by atoms with E-state index in [2.05, 4.69) is 15.3 Å². The van der Waals surface area contributed by atoms with E-state index in [-0.39, 0.29) is 6.61 Å². The van der Waals surface area contributed by atoms with E-state index in [0.717, 1.165) is 0 Å². The quantitative estimate of drug-likeness (QED) is 0.804. The molecule has 1 aliphatic rings. The molecule has 0 radical (unpaired) electrons. The molecule has 2 rings (SSSR count). The van der Waals surface area contributed by atoms with Gasteiger partial charge in [-0.25, -0.2) is 14.8 Å². The van der Waals surface area contributed by atoms with Gasteiger partial charge in [-0.3, -0.25) is 0 Å². The molecule has 1 saturated heterocycles. The van der Waals surface area contributed by atoms with Gasteiger partial charge in [0.05, 0.1) is 19.3 Å². The van der Waals surface area contributed by atoms with Crippen molar-refractivity contribution in [2.75, 3.05) is 25.6 Å². The Kier molecular flexibility index (Phi) is 3.33. The number of nitrogens with one attached hydrogen (secondary N) is 1. The van der Waals surface area contributed by atoms with Crippen molar-refractivity contribution in [2.45, 2.75) is 18.9 Å². The summed E-state index contributed by atoms with van der Waals surface area (Å²) in [6, 6.07) is 0. The van der Waals surface area contributed by atoms with Crippen LogP contribution in [0, 0.1) is 6.92 Å². The van der Waals surface area contributed by atoms with Gasteiger partial charge in [0.1, 0.15) is 12.1 Å². The molecule has 1 aromatic rings. The van der Waals surface area contributed by atoms with Gasteiger partial charge in [-0.2, -0.15) is 0 Å². The number of methoxy groups -OCH3 is 1. The van der Waals surface area contributed by atoms with Crippen LogP contribution in [-0.4, -0.2) is 46.9 Å². The third-order valence-electron chi connectivity index (χ3n) is 3.02. The summed E-state index contributed by atoms with van der Waals surface area (Å²) < 4.78 is 10.2. The molecule has 1 fully saturated rings. The lowest BCUT2D eigenvalue weighted by Gasteiger charge is -2.25. The number of carbonyl (C=O) groups is 1. The second kappa shape index (κ2) is 4.77. The number of carboxylic acid groups (broad SMARTS) is 1. The maximum absolute atomic E-state index is 11.4. The van der Waals surface area contributed by atoms with E-state index in [1.807, 2.05) is 0 Å². The van der Waals surface area contributed by atoms with Gasteiger partial charge in [-0.15, -0.1) is 0 Å². The Labute approximate surface area is 104 Å². The second-order valence-corrected chi connectivity index (χ2v) is 4.17. The number of carboxylic acids is 1. The number of nitrogens with zero attached hydrogens (tertiary/aromatic N) is 2. The van der Waals surface area contributed by atoms with E-state index in [9.17, 15) is 9.90 Å². The van der Waals surface area contributed by atoms with E-state index in [1.54, 1.807) is 6.92 Å². The third-order valence-corrected chi connectivity index (χ3v) is 3.02. The molecule has 0 aliphatic carbocycles. The number of hydrogen-bond donors (Lipinski definition) is 2. The summed E-state index contributed by atoms with van der Waals surface area (Å²) >= 11 is 0. The topological polar surface area (TPSA) is 93.6 Å². The van der Waals surface area contributed by atoms with Crippen LogP contribution < -0.4 is 10.1 Å². The van der Waals surface area contributed by atoms with Crippen LogP contribution in [0.3, 0.4) is 0 Å². The van der Waals surface area contributed by atoms with Gasteiger partial charge in [0, 0.05) is 13.0 Å². The minimum Gasteiger partial charge on any atom is -0.481 e. The molecule has 1 aromatic heterocycles. The minimum absolute atomic E-state index is 0.119. The highest BCUT2D eigenvalue weighted by Crippen LogP contribution is 2.27. The highest BCUT2D eigenvalue weighted by Gasteiger charge is 2.43. The zero-order valence-corrected chi connectivity index (χ0v) is 10.3. The molecule has 2 N–H and O–H groups in total. The molecule has 1 atom stereocenters. The zero-order chi connectivity index (χ0) is 13.2. The van der Waals surface area contributed by atoms with Gasteiger partial charge in [0.15, 0.2) is 5.54 Å². The Morgan fingerprint density at radius 2 is 2.39 bits per heavy atom. The van der Waals surface area contributed by atoms with Crippen LogP contribution in [0.1, 0.15) is 12.0 Å². The lowest BCUT2D eigenvalue weighted by Crippen LogP contribution is -2.47. The number of hydrogen-bond acceptors (Lipinski definition) is 6. The fourth-order valence-corrected chi connectivity index (χ4v) is 1.88. The van der Waals surface area contributed by atoms with Crippen LogP contribution in [0.5, 0.6) is 5.88 Å². The molecule has 98 valence electrons. The Morgan fingerprint density at radius 1 is 1.61 bits per heavy atom. The average Bonchev–Trinajstić information content (AvgIpc) is 2.82. The minimum atomic E-state index is -1.12. The van der Waals surface area contributed by atoms with Gasteiger partial charge in [-0.1, -0.05) is 0 Å². The molecule has 0 saturated carbocycles. The van der Waals surface area contributed by atoms with Crippen molar-refractivity contribution in [1.29, 1.82) is 0 Å². The Morgan fingerprint density at radius 3 is 2.94 bits per heavy atom. The van der Waals surface area contributed by atoms with Gasteiger partial charge in [0.2, 0.25) is 5.88 Å². The molecule has 0 bridgehead atoms. The summed E-state index contributed by atoms with van der Waals surface area (Å²) in [4.78, 5) is 19.4. The molecule has 7 nitrogen and oxygen atoms in total. The van der Waals surface area contributed by atoms with Crippen LogP contribution in [0.2, 0.25) is 0 Å². The molecule has 1 unspecified atom stereocenters. The standard InChI is InChI=1S/C11H15N3O4/c1-7-8(12-6-13-9(7)17-2)14-11(10(15)16)3-4-18-5-11/h6H,3-5H2,1-2H3,(H,15,16)(H,12,13,14). The van der Waals surface area contributed by atoms with Crippen molar-refractivity contribution in [2.24, 2.45) is 0 Å². The smallest absolute Gasteiger partial charge is 0.331 e. The number of rotatable bonds is 4. The molecule has 0 spiro atoms. The van der Waals surface area contributed by atoms with Crippen molar-refractivity contribution in [1.82, 2.24) is 9.97 Å². The number of aliphatic carboxylic acids is 1. The monoisotopic (exact) mass is 253 g/mol. The maximum Gasteiger partial charge on any atom is 0.331 e. The molecule has 1 aliphatic heterocycles. The first-order chi connectivity index (χ1) is 8.59. The van der Waals surface area contributed by atoms with E-state index in [4.69, 9.17) is 9.47 Å². The highest BCUT2D eigenvalue weighted by atomic mass is 16.5. The average molecular weight is 253 g/mol. The van der Waals surface area contributed by atoms with Crippen LogP contribution in [0.25, 0.3) is 0 Å². The Bertz CT molecular complexity index is 458. The first kappa shape index (κ1) is 12.6. The summed E-state index contributed by atoms with van der Waals surface area (Å²) in [7, 11) is 1.50. The van der Waals surface area contributed by atoms with Gasteiger partial charge >= 0.3 is 5.97 Å². The van der Waals surface area contributed by atoms with E-state index in [0.29, 0.717) is 30.3 Å². The van der Waals surface area contributed by atoms with Crippen LogP contribution >= 0.6 is 0 Å². The van der Waals surface area contributed by atoms with Crippen LogP contribution in [0.15, 0.2) is 6.33 Å².